The Morgan fingerprint density at radius 2 is 1.86 bits per heavy atom. The summed E-state index contributed by atoms with van der Waals surface area (Å²) in [5.41, 5.74) is 9.36. The molecule has 0 radical (unpaired) electrons. The molecular weight excluding hydrogens is 289 g/mol. The van der Waals surface area contributed by atoms with E-state index in [0.717, 1.165) is 16.8 Å². The maximum atomic E-state index is 13.6. The molecule has 0 aliphatic heterocycles. The molecule has 3 rings (SSSR count). The van der Waals surface area contributed by atoms with Crippen molar-refractivity contribution in [2.75, 3.05) is 5.73 Å². The molecule has 21 heavy (non-hydrogen) atoms. The number of nitrogen functional groups attached to an aromatic ring is 1. The topological polar surface area (TPSA) is 43.8 Å². The van der Waals surface area contributed by atoms with Crippen LogP contribution in [0, 0.1) is 12.7 Å². The lowest BCUT2D eigenvalue weighted by molar-refractivity contribution is 0.626. The van der Waals surface area contributed by atoms with Crippen LogP contribution in [0.25, 0.3) is 16.8 Å². The number of anilines is 1. The molecule has 0 aliphatic rings. The zero-order valence-electron chi connectivity index (χ0n) is 11.3. The molecular formula is C16H13ClFN3. The van der Waals surface area contributed by atoms with Crippen molar-refractivity contribution in [1.29, 1.82) is 0 Å². The van der Waals surface area contributed by atoms with Gasteiger partial charge >= 0.3 is 0 Å². The van der Waals surface area contributed by atoms with E-state index in [4.69, 9.17) is 17.3 Å². The Hall–Kier alpha value is -2.33. The maximum absolute atomic E-state index is 13.6. The van der Waals surface area contributed by atoms with Crippen LogP contribution in [0.1, 0.15) is 5.69 Å². The molecule has 3 aromatic rings. The second-order valence-corrected chi connectivity index (χ2v) is 5.13. The molecule has 0 atom stereocenters. The summed E-state index contributed by atoms with van der Waals surface area (Å²) in [7, 11) is 0. The number of aryl methyl sites for hydroxylation is 1. The molecule has 0 saturated heterocycles. The highest BCUT2D eigenvalue weighted by atomic mass is 35.5. The van der Waals surface area contributed by atoms with Gasteiger partial charge in [-0.2, -0.15) is 5.10 Å². The Bertz CT molecular complexity index is 797. The third kappa shape index (κ3) is 2.38. The third-order valence-electron chi connectivity index (χ3n) is 3.31. The summed E-state index contributed by atoms with van der Waals surface area (Å²) < 4.78 is 15.1. The molecule has 5 heteroatoms. The number of halogens is 2. The van der Waals surface area contributed by atoms with E-state index in [9.17, 15) is 4.39 Å². The lowest BCUT2D eigenvalue weighted by Gasteiger charge is -2.06. The first-order chi connectivity index (χ1) is 10.1. The lowest BCUT2D eigenvalue weighted by Crippen LogP contribution is -2.02. The van der Waals surface area contributed by atoms with Gasteiger partial charge in [-0.25, -0.2) is 9.07 Å². The third-order valence-corrected chi connectivity index (χ3v) is 3.61. The SMILES string of the molecule is Cc1nn(-c2ccc(Cl)c(F)c2)c(N)c1-c1ccccc1. The number of benzene rings is 2. The van der Waals surface area contributed by atoms with Crippen LogP contribution in [0.15, 0.2) is 48.5 Å². The molecule has 3 nitrogen and oxygen atoms in total. The fourth-order valence-corrected chi connectivity index (χ4v) is 2.44. The molecule has 106 valence electrons. The second kappa shape index (κ2) is 5.22. The van der Waals surface area contributed by atoms with Gasteiger partial charge in [-0.1, -0.05) is 41.9 Å². The van der Waals surface area contributed by atoms with Gasteiger partial charge in [0, 0.05) is 11.6 Å². The minimum Gasteiger partial charge on any atom is -0.383 e. The Labute approximate surface area is 126 Å². The van der Waals surface area contributed by atoms with Crippen molar-refractivity contribution in [2.45, 2.75) is 6.92 Å². The first-order valence-electron chi connectivity index (χ1n) is 6.44. The van der Waals surface area contributed by atoms with Crippen molar-refractivity contribution >= 4 is 17.4 Å². The first-order valence-corrected chi connectivity index (χ1v) is 6.81. The quantitative estimate of drug-likeness (QED) is 0.770. The van der Waals surface area contributed by atoms with Gasteiger partial charge in [-0.05, 0) is 24.6 Å². The van der Waals surface area contributed by atoms with Crippen molar-refractivity contribution in [2.24, 2.45) is 0 Å². The lowest BCUT2D eigenvalue weighted by atomic mass is 10.1. The molecule has 2 aromatic carbocycles. The largest absolute Gasteiger partial charge is 0.383 e. The van der Waals surface area contributed by atoms with Crippen LogP contribution in [0.5, 0.6) is 0 Å². The highest BCUT2D eigenvalue weighted by Gasteiger charge is 2.16. The molecule has 0 unspecified atom stereocenters. The molecule has 0 saturated carbocycles. The first kappa shape index (κ1) is 13.6. The van der Waals surface area contributed by atoms with Gasteiger partial charge in [0.25, 0.3) is 0 Å². The van der Waals surface area contributed by atoms with Gasteiger partial charge in [-0.3, -0.25) is 0 Å². The summed E-state index contributed by atoms with van der Waals surface area (Å²) >= 11 is 5.70. The predicted octanol–water partition coefficient (Wildman–Crippen LogP) is 4.22. The Balaban J connectivity index is 2.16. The molecule has 0 bridgehead atoms. The highest BCUT2D eigenvalue weighted by Crippen LogP contribution is 2.31. The zero-order valence-corrected chi connectivity index (χ0v) is 12.1. The molecule has 0 fully saturated rings. The summed E-state index contributed by atoms with van der Waals surface area (Å²) in [5, 5.41) is 4.48. The van der Waals surface area contributed by atoms with Crippen molar-refractivity contribution in [1.82, 2.24) is 9.78 Å². The van der Waals surface area contributed by atoms with E-state index in [0.29, 0.717) is 11.5 Å². The van der Waals surface area contributed by atoms with E-state index in [2.05, 4.69) is 5.10 Å². The van der Waals surface area contributed by atoms with Gasteiger partial charge in [-0.15, -0.1) is 0 Å². The molecule has 0 amide bonds. The van der Waals surface area contributed by atoms with Crippen molar-refractivity contribution in [3.8, 4) is 16.8 Å². The number of hydrogen-bond donors (Lipinski definition) is 1. The second-order valence-electron chi connectivity index (χ2n) is 4.72. The van der Waals surface area contributed by atoms with Gasteiger partial charge in [0.15, 0.2) is 0 Å². The van der Waals surface area contributed by atoms with Crippen molar-refractivity contribution < 1.29 is 4.39 Å². The number of aromatic nitrogens is 2. The van der Waals surface area contributed by atoms with E-state index >= 15 is 0 Å². The number of nitrogens with two attached hydrogens (primary N) is 1. The minimum absolute atomic E-state index is 0.0736. The van der Waals surface area contributed by atoms with Crippen LogP contribution in [0.4, 0.5) is 10.2 Å². The number of rotatable bonds is 2. The van der Waals surface area contributed by atoms with E-state index in [-0.39, 0.29) is 5.02 Å². The summed E-state index contributed by atoms with van der Waals surface area (Å²) in [6.07, 6.45) is 0. The van der Waals surface area contributed by atoms with Crippen LogP contribution in [0.2, 0.25) is 5.02 Å². The van der Waals surface area contributed by atoms with E-state index < -0.39 is 5.82 Å². The maximum Gasteiger partial charge on any atom is 0.143 e. The Morgan fingerprint density at radius 1 is 1.14 bits per heavy atom. The van der Waals surface area contributed by atoms with Crippen molar-refractivity contribution in [3.63, 3.8) is 0 Å². The van der Waals surface area contributed by atoms with Crippen LogP contribution in [-0.2, 0) is 0 Å². The van der Waals surface area contributed by atoms with Crippen LogP contribution < -0.4 is 5.73 Å². The Kier molecular flexibility index (Phi) is 3.39. The van der Waals surface area contributed by atoms with Crippen LogP contribution in [-0.4, -0.2) is 9.78 Å². The monoisotopic (exact) mass is 301 g/mol. The van der Waals surface area contributed by atoms with Crippen molar-refractivity contribution in [3.05, 3.63) is 65.1 Å². The zero-order chi connectivity index (χ0) is 15.0. The molecule has 0 spiro atoms. The van der Waals surface area contributed by atoms with Gasteiger partial charge in [0.2, 0.25) is 0 Å². The fraction of sp³-hybridized carbons (Fsp3) is 0.0625. The number of hydrogen-bond acceptors (Lipinski definition) is 2. The van der Waals surface area contributed by atoms with Gasteiger partial charge in [0.1, 0.15) is 11.6 Å². The molecule has 1 heterocycles. The summed E-state index contributed by atoms with van der Waals surface area (Å²) in [6.45, 7) is 1.88. The van der Waals surface area contributed by atoms with Crippen LogP contribution in [0.3, 0.4) is 0 Å². The smallest absolute Gasteiger partial charge is 0.143 e. The number of nitrogens with zero attached hydrogens (tertiary/aromatic N) is 2. The summed E-state index contributed by atoms with van der Waals surface area (Å²) in [6, 6.07) is 14.2. The molecule has 0 aliphatic carbocycles. The normalized spacial score (nSPS) is 10.8. The Morgan fingerprint density at radius 3 is 2.52 bits per heavy atom. The average Bonchev–Trinajstić information content (AvgIpc) is 2.78. The molecule has 1 aromatic heterocycles. The van der Waals surface area contributed by atoms with E-state index in [1.807, 2.05) is 37.3 Å². The molecule has 2 N–H and O–H groups in total. The van der Waals surface area contributed by atoms with E-state index in [1.54, 1.807) is 6.07 Å². The van der Waals surface area contributed by atoms with E-state index in [1.165, 1.54) is 16.8 Å². The van der Waals surface area contributed by atoms with Crippen LogP contribution >= 0.6 is 11.6 Å². The average molecular weight is 302 g/mol. The fourth-order valence-electron chi connectivity index (χ4n) is 2.32. The predicted molar refractivity (Wildman–Crippen MR) is 83.1 cm³/mol. The highest BCUT2D eigenvalue weighted by molar-refractivity contribution is 6.30. The summed E-state index contributed by atoms with van der Waals surface area (Å²) in [4.78, 5) is 0. The van der Waals surface area contributed by atoms with Gasteiger partial charge < -0.3 is 5.73 Å². The standard InChI is InChI=1S/C16H13ClFN3/c1-10-15(11-5-3-2-4-6-11)16(19)21(20-10)12-7-8-13(17)14(18)9-12/h2-9H,19H2,1H3. The van der Waals surface area contributed by atoms with Gasteiger partial charge in [0.05, 0.1) is 16.4 Å². The summed E-state index contributed by atoms with van der Waals surface area (Å²) in [5.74, 6) is -0.0246. The minimum atomic E-state index is -0.497.